The molecule has 0 fully saturated rings. The molecule has 1 aliphatic rings. The second-order valence-corrected chi connectivity index (χ2v) is 9.06. The lowest BCUT2D eigenvalue weighted by molar-refractivity contribution is 0.0741. The van der Waals surface area contributed by atoms with Crippen LogP contribution in [0.25, 0.3) is 15.9 Å². The SMILES string of the molecule is Cc1nn(-c2ccccc2Cl)c2sc(C(=O)N3CCc4sccc4C3)cc12. The predicted molar refractivity (Wildman–Crippen MR) is 111 cm³/mol. The van der Waals surface area contributed by atoms with Gasteiger partial charge in [0.05, 0.1) is 21.3 Å². The Kier molecular flexibility index (Phi) is 4.07. The highest BCUT2D eigenvalue weighted by atomic mass is 35.5. The molecule has 136 valence electrons. The molecule has 0 atom stereocenters. The van der Waals surface area contributed by atoms with E-state index in [1.165, 1.54) is 21.8 Å². The maximum Gasteiger partial charge on any atom is 0.264 e. The van der Waals surface area contributed by atoms with Crippen LogP contribution in [0.15, 0.2) is 41.8 Å². The van der Waals surface area contributed by atoms with Gasteiger partial charge in [0.2, 0.25) is 0 Å². The molecule has 1 aliphatic heterocycles. The molecule has 0 aliphatic carbocycles. The number of hydrogen-bond donors (Lipinski definition) is 0. The third-order valence-corrected chi connectivity index (χ3v) is 7.37. The molecule has 1 aromatic carbocycles. The highest BCUT2D eigenvalue weighted by molar-refractivity contribution is 7.20. The molecule has 5 rings (SSSR count). The molecule has 4 aromatic rings. The number of benzene rings is 1. The lowest BCUT2D eigenvalue weighted by Crippen LogP contribution is -2.34. The quantitative estimate of drug-likeness (QED) is 0.446. The number of hydrogen-bond acceptors (Lipinski definition) is 4. The molecule has 7 heteroatoms. The van der Waals surface area contributed by atoms with Gasteiger partial charge in [-0.2, -0.15) is 5.10 Å². The van der Waals surface area contributed by atoms with E-state index in [0.29, 0.717) is 11.6 Å². The van der Waals surface area contributed by atoms with Crippen LogP contribution >= 0.6 is 34.3 Å². The van der Waals surface area contributed by atoms with Crippen molar-refractivity contribution in [2.45, 2.75) is 19.9 Å². The Hall–Kier alpha value is -2.15. The molecule has 4 nitrogen and oxygen atoms in total. The molecule has 3 aromatic heterocycles. The van der Waals surface area contributed by atoms with Crippen LogP contribution in [0.3, 0.4) is 0 Å². The number of carbonyl (C=O) groups is 1. The highest BCUT2D eigenvalue weighted by Crippen LogP contribution is 2.34. The molecule has 0 N–H and O–H groups in total. The first-order valence-electron chi connectivity index (χ1n) is 8.70. The van der Waals surface area contributed by atoms with E-state index in [9.17, 15) is 4.79 Å². The number of thiophene rings is 2. The van der Waals surface area contributed by atoms with Crippen molar-refractivity contribution < 1.29 is 4.79 Å². The first kappa shape index (κ1) is 17.0. The Morgan fingerprint density at radius 3 is 2.96 bits per heavy atom. The number of aromatic nitrogens is 2. The lowest BCUT2D eigenvalue weighted by Gasteiger charge is -2.26. The Morgan fingerprint density at radius 2 is 2.11 bits per heavy atom. The first-order chi connectivity index (χ1) is 13.1. The predicted octanol–water partition coefficient (Wildman–Crippen LogP) is 5.31. The maximum atomic E-state index is 13.1. The summed E-state index contributed by atoms with van der Waals surface area (Å²) in [5, 5.41) is 8.40. The van der Waals surface area contributed by atoms with Crippen LogP contribution in [0.2, 0.25) is 5.02 Å². The number of halogens is 1. The zero-order valence-corrected chi connectivity index (χ0v) is 17.0. The lowest BCUT2D eigenvalue weighted by atomic mass is 10.1. The van der Waals surface area contributed by atoms with Crippen molar-refractivity contribution in [2.24, 2.45) is 0 Å². The van der Waals surface area contributed by atoms with Crippen molar-refractivity contribution >= 4 is 50.4 Å². The Bertz CT molecular complexity index is 1170. The van der Waals surface area contributed by atoms with Gasteiger partial charge in [0.25, 0.3) is 5.91 Å². The average molecular weight is 414 g/mol. The Morgan fingerprint density at radius 1 is 1.26 bits per heavy atom. The maximum absolute atomic E-state index is 13.1. The van der Waals surface area contributed by atoms with Crippen molar-refractivity contribution in [2.75, 3.05) is 6.54 Å². The van der Waals surface area contributed by atoms with Crippen LogP contribution < -0.4 is 0 Å². The molecule has 0 spiro atoms. The zero-order chi connectivity index (χ0) is 18.5. The summed E-state index contributed by atoms with van der Waals surface area (Å²) >= 11 is 9.64. The van der Waals surface area contributed by atoms with Crippen molar-refractivity contribution in [1.82, 2.24) is 14.7 Å². The van der Waals surface area contributed by atoms with E-state index >= 15 is 0 Å². The van der Waals surface area contributed by atoms with Gasteiger partial charge in [-0.1, -0.05) is 23.7 Å². The molecule has 1 amide bonds. The van der Waals surface area contributed by atoms with Gasteiger partial charge in [-0.3, -0.25) is 4.79 Å². The van der Waals surface area contributed by atoms with E-state index in [2.05, 4.69) is 16.5 Å². The summed E-state index contributed by atoms with van der Waals surface area (Å²) < 4.78 is 1.85. The summed E-state index contributed by atoms with van der Waals surface area (Å²) in [6.45, 7) is 3.44. The van der Waals surface area contributed by atoms with E-state index in [0.717, 1.165) is 39.4 Å². The third-order valence-electron chi connectivity index (χ3n) is 4.93. The van der Waals surface area contributed by atoms with E-state index in [-0.39, 0.29) is 5.91 Å². The minimum atomic E-state index is 0.0955. The molecule has 0 unspecified atom stereocenters. The average Bonchev–Trinajstić information content (AvgIpc) is 3.37. The van der Waals surface area contributed by atoms with Gasteiger partial charge < -0.3 is 4.90 Å². The van der Waals surface area contributed by atoms with Gasteiger partial charge in [0.15, 0.2) is 0 Å². The fourth-order valence-electron chi connectivity index (χ4n) is 3.52. The van der Waals surface area contributed by atoms with E-state index in [4.69, 9.17) is 11.6 Å². The summed E-state index contributed by atoms with van der Waals surface area (Å²) in [7, 11) is 0. The van der Waals surface area contributed by atoms with Crippen molar-refractivity contribution in [3.05, 3.63) is 67.8 Å². The third kappa shape index (κ3) is 2.79. The summed E-state index contributed by atoms with van der Waals surface area (Å²) in [4.78, 5) is 18.2. The summed E-state index contributed by atoms with van der Waals surface area (Å²) in [5.41, 5.74) is 3.01. The molecular formula is C20H16ClN3OS2. The molecular weight excluding hydrogens is 398 g/mol. The molecule has 0 saturated carbocycles. The highest BCUT2D eigenvalue weighted by Gasteiger charge is 2.25. The van der Waals surface area contributed by atoms with Crippen LogP contribution in [0.1, 0.15) is 25.8 Å². The van der Waals surface area contributed by atoms with Gasteiger partial charge in [-0.15, -0.1) is 22.7 Å². The number of nitrogens with zero attached hydrogens (tertiary/aromatic N) is 3. The Balaban J connectivity index is 1.53. The van der Waals surface area contributed by atoms with Gasteiger partial charge >= 0.3 is 0 Å². The number of rotatable bonds is 2. The Labute approximate surface area is 169 Å². The first-order valence-corrected chi connectivity index (χ1v) is 10.8. The minimum absolute atomic E-state index is 0.0955. The second-order valence-electron chi connectivity index (χ2n) is 6.62. The summed E-state index contributed by atoms with van der Waals surface area (Å²) in [6, 6.07) is 11.7. The molecule has 4 heterocycles. The van der Waals surface area contributed by atoms with Crippen LogP contribution in [-0.2, 0) is 13.0 Å². The monoisotopic (exact) mass is 413 g/mol. The number of amides is 1. The van der Waals surface area contributed by atoms with E-state index < -0.39 is 0 Å². The minimum Gasteiger partial charge on any atom is -0.333 e. The van der Waals surface area contributed by atoms with Gasteiger partial charge in [0.1, 0.15) is 4.83 Å². The van der Waals surface area contributed by atoms with E-state index in [1.807, 2.05) is 46.8 Å². The standard InChI is InChI=1S/C20H16ClN3OS2/c1-12-14-10-18(19(25)23-8-6-17-13(11-23)7-9-26-17)27-20(14)24(22-12)16-5-3-2-4-15(16)21/h2-5,7,9-10H,6,8,11H2,1H3. The number of aryl methyl sites for hydroxylation is 1. The van der Waals surface area contributed by atoms with Crippen LogP contribution in [-0.4, -0.2) is 27.1 Å². The smallest absolute Gasteiger partial charge is 0.264 e. The van der Waals surface area contributed by atoms with Crippen LogP contribution in [0, 0.1) is 6.92 Å². The van der Waals surface area contributed by atoms with Gasteiger partial charge in [-0.25, -0.2) is 4.68 Å². The fourth-order valence-corrected chi connectivity index (χ4v) is 5.77. The van der Waals surface area contributed by atoms with Crippen LogP contribution in [0.5, 0.6) is 0 Å². The zero-order valence-electron chi connectivity index (χ0n) is 14.6. The molecule has 27 heavy (non-hydrogen) atoms. The number of para-hydroxylation sites is 1. The molecule has 0 bridgehead atoms. The normalized spacial score (nSPS) is 13.9. The topological polar surface area (TPSA) is 38.1 Å². The molecule has 0 saturated heterocycles. The number of carbonyl (C=O) groups excluding carboxylic acids is 1. The summed E-state index contributed by atoms with van der Waals surface area (Å²) in [6.07, 6.45) is 0.941. The van der Waals surface area contributed by atoms with E-state index in [1.54, 1.807) is 11.3 Å². The second kappa shape index (κ2) is 6.48. The summed E-state index contributed by atoms with van der Waals surface area (Å²) in [5.74, 6) is 0.0955. The van der Waals surface area contributed by atoms with Gasteiger partial charge in [-0.05, 0) is 48.6 Å². The van der Waals surface area contributed by atoms with Crippen molar-refractivity contribution in [3.63, 3.8) is 0 Å². The van der Waals surface area contributed by atoms with Crippen molar-refractivity contribution in [1.29, 1.82) is 0 Å². The molecule has 0 radical (unpaired) electrons. The van der Waals surface area contributed by atoms with Gasteiger partial charge in [0, 0.05) is 23.4 Å². The fraction of sp³-hybridized carbons (Fsp3) is 0.200. The van der Waals surface area contributed by atoms with Crippen molar-refractivity contribution in [3.8, 4) is 5.69 Å². The largest absolute Gasteiger partial charge is 0.333 e. The van der Waals surface area contributed by atoms with Crippen LogP contribution in [0.4, 0.5) is 0 Å². The number of fused-ring (bicyclic) bond motifs is 2.